The molecule has 0 unspecified atom stereocenters. The minimum Gasteiger partial charge on any atom is -0.383 e. The van der Waals surface area contributed by atoms with Crippen LogP contribution in [0.2, 0.25) is 0 Å². The summed E-state index contributed by atoms with van der Waals surface area (Å²) in [6.45, 7) is 5.55. The van der Waals surface area contributed by atoms with Gasteiger partial charge in [-0.25, -0.2) is 8.42 Å². The third-order valence-electron chi connectivity index (χ3n) is 2.95. The molecule has 0 aliphatic heterocycles. The van der Waals surface area contributed by atoms with Crippen molar-refractivity contribution in [3.63, 3.8) is 0 Å². The molecule has 1 aromatic heterocycles. The zero-order valence-electron chi connectivity index (χ0n) is 11.8. The molecular formula is C12H19ClN2O4S. The van der Waals surface area contributed by atoms with E-state index in [-0.39, 0.29) is 10.8 Å². The summed E-state index contributed by atoms with van der Waals surface area (Å²) in [5.41, 5.74) is 0.310. The van der Waals surface area contributed by atoms with Crippen LogP contribution in [0.4, 0.5) is 0 Å². The molecule has 0 spiro atoms. The van der Waals surface area contributed by atoms with Gasteiger partial charge in [0, 0.05) is 43.6 Å². The van der Waals surface area contributed by atoms with Gasteiger partial charge in [0.05, 0.1) is 6.61 Å². The van der Waals surface area contributed by atoms with E-state index in [1.807, 2.05) is 13.8 Å². The van der Waals surface area contributed by atoms with Crippen LogP contribution in [0.3, 0.4) is 0 Å². The summed E-state index contributed by atoms with van der Waals surface area (Å²) in [6.07, 6.45) is 1.37. The van der Waals surface area contributed by atoms with Crippen molar-refractivity contribution >= 4 is 25.6 Å². The minimum atomic E-state index is -3.84. The van der Waals surface area contributed by atoms with Crippen LogP contribution in [0.25, 0.3) is 0 Å². The lowest BCUT2D eigenvalue weighted by Crippen LogP contribution is -2.34. The summed E-state index contributed by atoms with van der Waals surface area (Å²) >= 11 is 0. The topological polar surface area (TPSA) is 68.6 Å². The van der Waals surface area contributed by atoms with Gasteiger partial charge < -0.3 is 14.2 Å². The van der Waals surface area contributed by atoms with Gasteiger partial charge in [-0.15, -0.1) is 0 Å². The summed E-state index contributed by atoms with van der Waals surface area (Å²) < 4.78 is 29.2. The number of ether oxygens (including phenoxy) is 1. The quantitative estimate of drug-likeness (QED) is 0.714. The summed E-state index contributed by atoms with van der Waals surface area (Å²) in [6, 6.07) is 1.31. The second-order valence-corrected chi connectivity index (χ2v) is 6.73. The first kappa shape index (κ1) is 17.0. The first-order chi connectivity index (χ1) is 9.35. The summed E-state index contributed by atoms with van der Waals surface area (Å²) in [5.74, 6) is -0.238. The molecule has 8 heteroatoms. The predicted molar refractivity (Wildman–Crippen MR) is 76.6 cm³/mol. The molecule has 20 heavy (non-hydrogen) atoms. The number of nitrogens with zero attached hydrogens (tertiary/aromatic N) is 2. The van der Waals surface area contributed by atoms with Crippen molar-refractivity contribution in [1.82, 2.24) is 9.47 Å². The normalized spacial score (nSPS) is 11.6. The van der Waals surface area contributed by atoms with Crippen LogP contribution in [-0.2, 0) is 20.3 Å². The molecule has 0 saturated carbocycles. The molecule has 0 N–H and O–H groups in total. The van der Waals surface area contributed by atoms with Crippen molar-refractivity contribution in [3.05, 3.63) is 18.0 Å². The molecule has 0 radical (unpaired) electrons. The first-order valence-electron chi connectivity index (χ1n) is 6.28. The van der Waals surface area contributed by atoms with E-state index in [2.05, 4.69) is 0 Å². The Balaban J connectivity index is 3.11. The maximum atomic E-state index is 12.4. The zero-order valence-corrected chi connectivity index (χ0v) is 13.4. The number of aromatic nitrogens is 1. The third kappa shape index (κ3) is 3.97. The Labute approximate surface area is 123 Å². The van der Waals surface area contributed by atoms with E-state index in [0.717, 1.165) is 0 Å². The van der Waals surface area contributed by atoms with Crippen LogP contribution < -0.4 is 0 Å². The van der Waals surface area contributed by atoms with Gasteiger partial charge in [0.1, 0.15) is 10.6 Å². The Bertz CT molecular complexity index is 568. The van der Waals surface area contributed by atoms with Crippen LogP contribution in [0.5, 0.6) is 0 Å². The molecule has 0 bridgehead atoms. The molecule has 6 nitrogen and oxygen atoms in total. The van der Waals surface area contributed by atoms with Gasteiger partial charge in [-0.3, -0.25) is 4.79 Å². The molecule has 1 heterocycles. The Morgan fingerprint density at radius 3 is 2.55 bits per heavy atom. The number of rotatable bonds is 7. The molecule has 0 aromatic carbocycles. The van der Waals surface area contributed by atoms with Crippen LogP contribution in [0.1, 0.15) is 24.3 Å². The van der Waals surface area contributed by atoms with E-state index in [1.165, 1.54) is 12.3 Å². The van der Waals surface area contributed by atoms with E-state index >= 15 is 0 Å². The van der Waals surface area contributed by atoms with Crippen molar-refractivity contribution in [1.29, 1.82) is 0 Å². The Kier molecular flexibility index (Phi) is 6.04. The monoisotopic (exact) mass is 322 g/mol. The number of carbonyl (C=O) groups is 1. The van der Waals surface area contributed by atoms with Gasteiger partial charge in [0.25, 0.3) is 15.0 Å². The van der Waals surface area contributed by atoms with Crippen LogP contribution >= 0.6 is 10.7 Å². The van der Waals surface area contributed by atoms with E-state index in [9.17, 15) is 13.2 Å². The molecule has 0 aliphatic carbocycles. The fraction of sp³-hybridized carbons (Fsp3) is 0.583. The minimum absolute atomic E-state index is 0.0628. The van der Waals surface area contributed by atoms with Crippen LogP contribution in [-0.4, -0.2) is 50.6 Å². The maximum Gasteiger partial charge on any atom is 0.270 e. The summed E-state index contributed by atoms with van der Waals surface area (Å²) in [7, 11) is 3.04. The smallest absolute Gasteiger partial charge is 0.270 e. The zero-order chi connectivity index (χ0) is 15.3. The Hall–Kier alpha value is -1.05. The molecule has 114 valence electrons. The standard InChI is InChI=1S/C12H19ClN2O4S/c1-4-14(6-7-19-3)12(16)11-8-10(20(13,17)18)9-15(11)5-2/h8-9H,4-7H2,1-3H3. The largest absolute Gasteiger partial charge is 0.383 e. The van der Waals surface area contributed by atoms with Crippen molar-refractivity contribution in [2.24, 2.45) is 0 Å². The molecule has 1 rings (SSSR count). The molecular weight excluding hydrogens is 304 g/mol. The number of aryl methyl sites for hydroxylation is 1. The van der Waals surface area contributed by atoms with Gasteiger partial charge in [0.2, 0.25) is 0 Å². The van der Waals surface area contributed by atoms with Crippen LogP contribution in [0.15, 0.2) is 17.2 Å². The number of methoxy groups -OCH3 is 1. The first-order valence-corrected chi connectivity index (χ1v) is 8.59. The molecule has 0 atom stereocenters. The maximum absolute atomic E-state index is 12.4. The number of amides is 1. The lowest BCUT2D eigenvalue weighted by molar-refractivity contribution is 0.0696. The molecule has 0 fully saturated rings. The van der Waals surface area contributed by atoms with Crippen molar-refractivity contribution in [2.75, 3.05) is 26.8 Å². The lowest BCUT2D eigenvalue weighted by atomic mass is 10.3. The van der Waals surface area contributed by atoms with Crippen molar-refractivity contribution < 1.29 is 17.9 Å². The second kappa shape index (κ2) is 7.10. The average molecular weight is 323 g/mol. The highest BCUT2D eigenvalue weighted by Gasteiger charge is 2.22. The number of carbonyl (C=O) groups excluding carboxylic acids is 1. The third-order valence-corrected chi connectivity index (χ3v) is 4.27. The number of hydrogen-bond acceptors (Lipinski definition) is 4. The van der Waals surface area contributed by atoms with Crippen molar-refractivity contribution in [3.8, 4) is 0 Å². The lowest BCUT2D eigenvalue weighted by Gasteiger charge is -2.21. The highest BCUT2D eigenvalue weighted by molar-refractivity contribution is 8.13. The molecule has 0 saturated heterocycles. The summed E-state index contributed by atoms with van der Waals surface area (Å²) in [4.78, 5) is 13.9. The number of hydrogen-bond donors (Lipinski definition) is 0. The predicted octanol–water partition coefficient (Wildman–Crippen LogP) is 1.54. The second-order valence-electron chi connectivity index (χ2n) is 4.16. The van der Waals surface area contributed by atoms with Gasteiger partial charge in [-0.1, -0.05) is 0 Å². The highest BCUT2D eigenvalue weighted by atomic mass is 35.7. The van der Waals surface area contributed by atoms with Crippen molar-refractivity contribution in [2.45, 2.75) is 25.3 Å². The fourth-order valence-electron chi connectivity index (χ4n) is 1.82. The van der Waals surface area contributed by atoms with Gasteiger partial charge in [-0.05, 0) is 19.9 Å². The molecule has 0 aliphatic rings. The highest BCUT2D eigenvalue weighted by Crippen LogP contribution is 2.19. The van der Waals surface area contributed by atoms with Gasteiger partial charge in [-0.2, -0.15) is 0 Å². The summed E-state index contributed by atoms with van der Waals surface area (Å²) in [5, 5.41) is 0. The number of halogens is 1. The van der Waals surface area contributed by atoms with Gasteiger partial charge >= 0.3 is 0 Å². The number of likely N-dealkylation sites (N-methyl/N-ethyl adjacent to an activating group) is 1. The van der Waals surface area contributed by atoms with E-state index < -0.39 is 9.05 Å². The van der Waals surface area contributed by atoms with E-state index in [0.29, 0.717) is 31.9 Å². The SMILES string of the molecule is CCN(CCOC)C(=O)c1cc(S(=O)(=O)Cl)cn1CC. The van der Waals surface area contributed by atoms with Gasteiger partial charge in [0.15, 0.2) is 0 Å². The fourth-order valence-corrected chi connectivity index (χ4v) is 2.58. The average Bonchev–Trinajstić information content (AvgIpc) is 2.83. The van der Waals surface area contributed by atoms with E-state index in [4.69, 9.17) is 15.4 Å². The Morgan fingerprint density at radius 1 is 1.45 bits per heavy atom. The molecule has 1 aromatic rings. The Morgan fingerprint density at radius 2 is 2.10 bits per heavy atom. The van der Waals surface area contributed by atoms with E-state index in [1.54, 1.807) is 16.6 Å². The van der Waals surface area contributed by atoms with Crippen LogP contribution in [0, 0.1) is 0 Å². The molecule has 1 amide bonds.